The number of benzene rings is 1. The zero-order chi connectivity index (χ0) is 12.5. The van der Waals surface area contributed by atoms with Crippen LogP contribution in [0.4, 0.5) is 0 Å². The first kappa shape index (κ1) is 12.9. The van der Waals surface area contributed by atoms with Crippen LogP contribution in [0.25, 0.3) is 0 Å². The molecule has 0 amide bonds. The van der Waals surface area contributed by atoms with E-state index in [0.717, 1.165) is 19.4 Å². The number of halogens is 1. The van der Waals surface area contributed by atoms with Crippen LogP contribution in [0.1, 0.15) is 56.0 Å². The highest BCUT2D eigenvalue weighted by Gasteiger charge is 2.38. The maximum Gasteiger partial charge on any atom is 0.0872 e. The normalized spacial score (nSPS) is 26.4. The van der Waals surface area contributed by atoms with Crippen LogP contribution in [0.5, 0.6) is 0 Å². The second-order valence-electron chi connectivity index (χ2n) is 5.45. The molecule has 1 heterocycles. The maximum absolute atomic E-state index is 6.56. The lowest BCUT2D eigenvalue weighted by Gasteiger charge is -2.29. The summed E-state index contributed by atoms with van der Waals surface area (Å²) in [6.45, 7) is 7.36. The number of alkyl halides is 1. The molecule has 0 aliphatic carbocycles. The molecule has 0 aromatic heterocycles. The van der Waals surface area contributed by atoms with Crippen LogP contribution in [-0.2, 0) is 4.74 Å². The summed E-state index contributed by atoms with van der Waals surface area (Å²) in [7, 11) is 0. The van der Waals surface area contributed by atoms with E-state index >= 15 is 0 Å². The Kier molecular flexibility index (Phi) is 3.79. The molecule has 2 heteroatoms. The van der Waals surface area contributed by atoms with Gasteiger partial charge in [0.1, 0.15) is 0 Å². The molecule has 0 radical (unpaired) electrons. The Labute approximate surface area is 109 Å². The first-order valence-electron chi connectivity index (χ1n) is 6.41. The molecule has 1 aliphatic rings. The lowest BCUT2D eigenvalue weighted by atomic mass is 9.91. The molecule has 0 N–H and O–H groups in total. The third kappa shape index (κ3) is 2.66. The van der Waals surface area contributed by atoms with Gasteiger partial charge in [0.15, 0.2) is 0 Å². The molecule has 1 fully saturated rings. The summed E-state index contributed by atoms with van der Waals surface area (Å²) in [5.74, 6) is 0.566. The van der Waals surface area contributed by atoms with Gasteiger partial charge in [-0.05, 0) is 36.8 Å². The number of hydrogen-bond acceptors (Lipinski definition) is 1. The molecule has 2 unspecified atom stereocenters. The highest BCUT2D eigenvalue weighted by Crippen LogP contribution is 2.41. The Morgan fingerprint density at radius 3 is 2.24 bits per heavy atom. The Morgan fingerprint density at radius 1 is 1.18 bits per heavy atom. The van der Waals surface area contributed by atoms with Gasteiger partial charge in [-0.1, -0.05) is 38.1 Å². The molecule has 0 spiro atoms. The first-order valence-corrected chi connectivity index (χ1v) is 6.84. The molecule has 1 aromatic rings. The molecular weight excluding hydrogens is 232 g/mol. The minimum atomic E-state index is -0.194. The van der Waals surface area contributed by atoms with Crippen molar-refractivity contribution in [1.29, 1.82) is 0 Å². The van der Waals surface area contributed by atoms with E-state index in [4.69, 9.17) is 16.3 Å². The van der Waals surface area contributed by atoms with E-state index in [1.165, 1.54) is 11.1 Å². The van der Waals surface area contributed by atoms with Gasteiger partial charge in [0.25, 0.3) is 0 Å². The van der Waals surface area contributed by atoms with E-state index in [-0.39, 0.29) is 11.0 Å². The second kappa shape index (κ2) is 4.99. The van der Waals surface area contributed by atoms with Gasteiger partial charge in [-0.25, -0.2) is 0 Å². The van der Waals surface area contributed by atoms with Crippen molar-refractivity contribution < 1.29 is 4.74 Å². The fourth-order valence-corrected chi connectivity index (χ4v) is 2.72. The SMILES string of the molecule is CC(C)c1ccc(C(Cl)C2(C)CCCO2)cc1. The second-order valence-corrected chi connectivity index (χ2v) is 5.89. The van der Waals surface area contributed by atoms with E-state index < -0.39 is 0 Å². The Hall–Kier alpha value is -0.530. The highest BCUT2D eigenvalue weighted by molar-refractivity contribution is 6.21. The van der Waals surface area contributed by atoms with Gasteiger partial charge in [-0.2, -0.15) is 0 Å². The highest BCUT2D eigenvalue weighted by atomic mass is 35.5. The summed E-state index contributed by atoms with van der Waals surface area (Å²) in [6.07, 6.45) is 2.16. The van der Waals surface area contributed by atoms with E-state index in [0.29, 0.717) is 5.92 Å². The van der Waals surface area contributed by atoms with Crippen molar-refractivity contribution in [1.82, 2.24) is 0 Å². The summed E-state index contributed by atoms with van der Waals surface area (Å²) in [6, 6.07) is 8.63. The van der Waals surface area contributed by atoms with Crippen molar-refractivity contribution in [2.75, 3.05) is 6.61 Å². The number of rotatable bonds is 3. The standard InChI is InChI=1S/C15H21ClO/c1-11(2)12-5-7-13(8-6-12)14(16)15(3)9-4-10-17-15/h5-8,11,14H,4,9-10H2,1-3H3. The van der Waals surface area contributed by atoms with Crippen LogP contribution in [0, 0.1) is 0 Å². The third-order valence-electron chi connectivity index (χ3n) is 3.68. The topological polar surface area (TPSA) is 9.23 Å². The van der Waals surface area contributed by atoms with Crippen LogP contribution < -0.4 is 0 Å². The monoisotopic (exact) mass is 252 g/mol. The summed E-state index contributed by atoms with van der Waals surface area (Å²) < 4.78 is 5.80. The fraction of sp³-hybridized carbons (Fsp3) is 0.600. The maximum atomic E-state index is 6.56. The van der Waals surface area contributed by atoms with Crippen LogP contribution in [0.15, 0.2) is 24.3 Å². The zero-order valence-electron chi connectivity index (χ0n) is 10.9. The van der Waals surface area contributed by atoms with Crippen molar-refractivity contribution in [3.8, 4) is 0 Å². The van der Waals surface area contributed by atoms with Crippen molar-refractivity contribution >= 4 is 11.6 Å². The molecule has 94 valence electrons. The Morgan fingerprint density at radius 2 is 1.76 bits per heavy atom. The Bertz CT molecular complexity index is 363. The Balaban J connectivity index is 2.16. The van der Waals surface area contributed by atoms with Crippen LogP contribution in [-0.4, -0.2) is 12.2 Å². The lowest BCUT2D eigenvalue weighted by Crippen LogP contribution is -2.28. The van der Waals surface area contributed by atoms with E-state index in [1.54, 1.807) is 0 Å². The summed E-state index contributed by atoms with van der Waals surface area (Å²) in [4.78, 5) is 0. The largest absolute Gasteiger partial charge is 0.373 e. The number of hydrogen-bond donors (Lipinski definition) is 0. The van der Waals surface area contributed by atoms with E-state index in [1.807, 2.05) is 0 Å². The van der Waals surface area contributed by atoms with Gasteiger partial charge in [-0.15, -0.1) is 11.6 Å². The van der Waals surface area contributed by atoms with Crippen LogP contribution >= 0.6 is 11.6 Å². The van der Waals surface area contributed by atoms with Gasteiger partial charge in [0, 0.05) is 6.61 Å². The number of ether oxygens (including phenoxy) is 1. The first-order chi connectivity index (χ1) is 8.03. The molecule has 1 aromatic carbocycles. The van der Waals surface area contributed by atoms with E-state index in [2.05, 4.69) is 45.0 Å². The summed E-state index contributed by atoms with van der Waals surface area (Å²) in [5.41, 5.74) is 2.33. The van der Waals surface area contributed by atoms with E-state index in [9.17, 15) is 0 Å². The molecule has 1 nitrogen and oxygen atoms in total. The third-order valence-corrected chi connectivity index (χ3v) is 4.39. The molecular formula is C15H21ClO. The van der Waals surface area contributed by atoms with Gasteiger partial charge < -0.3 is 4.74 Å². The summed E-state index contributed by atoms with van der Waals surface area (Å²) >= 11 is 6.56. The van der Waals surface area contributed by atoms with Crippen LogP contribution in [0.2, 0.25) is 0 Å². The molecule has 17 heavy (non-hydrogen) atoms. The summed E-state index contributed by atoms with van der Waals surface area (Å²) in [5, 5.41) is -0.0498. The molecule has 0 saturated carbocycles. The predicted molar refractivity (Wildman–Crippen MR) is 72.7 cm³/mol. The zero-order valence-corrected chi connectivity index (χ0v) is 11.6. The van der Waals surface area contributed by atoms with Crippen molar-refractivity contribution in [3.63, 3.8) is 0 Å². The van der Waals surface area contributed by atoms with Crippen molar-refractivity contribution in [2.24, 2.45) is 0 Å². The smallest absolute Gasteiger partial charge is 0.0872 e. The van der Waals surface area contributed by atoms with Gasteiger partial charge in [-0.3, -0.25) is 0 Å². The fourth-order valence-electron chi connectivity index (χ4n) is 2.40. The molecule has 1 saturated heterocycles. The average molecular weight is 253 g/mol. The van der Waals surface area contributed by atoms with Gasteiger partial charge in [0.2, 0.25) is 0 Å². The minimum Gasteiger partial charge on any atom is -0.373 e. The van der Waals surface area contributed by atoms with Gasteiger partial charge in [0.05, 0.1) is 11.0 Å². The van der Waals surface area contributed by atoms with Gasteiger partial charge >= 0.3 is 0 Å². The quantitative estimate of drug-likeness (QED) is 0.711. The molecule has 2 rings (SSSR count). The minimum absolute atomic E-state index is 0.0498. The molecule has 0 bridgehead atoms. The lowest BCUT2D eigenvalue weighted by molar-refractivity contribution is 0.0164. The molecule has 1 aliphatic heterocycles. The predicted octanol–water partition coefficient (Wildman–Crippen LogP) is 4.66. The molecule has 2 atom stereocenters. The average Bonchev–Trinajstić information content (AvgIpc) is 2.76. The van der Waals surface area contributed by atoms with Crippen LogP contribution in [0.3, 0.4) is 0 Å². The van der Waals surface area contributed by atoms with Crippen molar-refractivity contribution in [3.05, 3.63) is 35.4 Å². The van der Waals surface area contributed by atoms with Crippen molar-refractivity contribution in [2.45, 2.75) is 50.5 Å².